The molecule has 0 N–H and O–H groups in total. The third-order valence-corrected chi connectivity index (χ3v) is 3.89. The Kier molecular flexibility index (Phi) is 3.90. The molecule has 1 saturated carbocycles. The molecule has 0 aliphatic heterocycles. The van der Waals surface area contributed by atoms with Gasteiger partial charge in [0.2, 0.25) is 5.24 Å². The molecule has 4 heteroatoms. The van der Waals surface area contributed by atoms with Gasteiger partial charge in [-0.2, -0.15) is 0 Å². The molecule has 0 bridgehead atoms. The van der Waals surface area contributed by atoms with Gasteiger partial charge in [-0.3, -0.25) is 4.79 Å². The van der Waals surface area contributed by atoms with Crippen LogP contribution in [0.1, 0.15) is 26.7 Å². The highest BCUT2D eigenvalue weighted by molar-refractivity contribution is 6.64. The highest BCUT2D eigenvalue weighted by atomic mass is 35.5. The fourth-order valence-electron chi connectivity index (χ4n) is 2.45. The number of halogens is 3. The minimum Gasteiger partial charge on any atom is -0.281 e. The molecule has 2 atom stereocenters. The third-order valence-electron chi connectivity index (χ3n) is 3.40. The fourth-order valence-corrected chi connectivity index (χ4v) is 3.07. The molecule has 2 unspecified atom stereocenters. The summed E-state index contributed by atoms with van der Waals surface area (Å²) in [6.07, 6.45) is 3.59. The lowest BCUT2D eigenvalue weighted by Crippen LogP contribution is -2.04. The Hall–Kier alpha value is 0.280. The molecule has 0 amide bonds. The number of allylic oxidation sites excluding steroid dienone is 1. The van der Waals surface area contributed by atoms with Crippen molar-refractivity contribution >= 4 is 40.0 Å². The minimum absolute atomic E-state index is 0.00609. The van der Waals surface area contributed by atoms with Crippen LogP contribution >= 0.6 is 34.8 Å². The van der Waals surface area contributed by atoms with E-state index in [2.05, 4.69) is 13.8 Å². The van der Waals surface area contributed by atoms with Crippen LogP contribution in [0.15, 0.2) is 10.6 Å². The number of carbonyl (C=O) groups excluding carboxylic acids is 1. The topological polar surface area (TPSA) is 17.1 Å². The molecule has 0 spiro atoms. The van der Waals surface area contributed by atoms with Crippen LogP contribution in [0.3, 0.4) is 0 Å². The quantitative estimate of drug-likeness (QED) is 0.691. The smallest absolute Gasteiger partial charge is 0.225 e. The van der Waals surface area contributed by atoms with Crippen molar-refractivity contribution in [2.75, 3.05) is 0 Å². The average Bonchev–Trinajstić information content (AvgIpc) is 2.72. The van der Waals surface area contributed by atoms with Crippen molar-refractivity contribution in [1.29, 1.82) is 0 Å². The normalized spacial score (nSPS) is 28.4. The summed E-state index contributed by atoms with van der Waals surface area (Å²) in [5.74, 6) is 0.0131. The van der Waals surface area contributed by atoms with E-state index in [0.717, 1.165) is 12.8 Å². The Morgan fingerprint density at radius 1 is 1.29 bits per heavy atom. The first-order valence-corrected chi connectivity index (χ1v) is 5.85. The van der Waals surface area contributed by atoms with Gasteiger partial charge in [-0.15, -0.1) is 0 Å². The largest absolute Gasteiger partial charge is 0.281 e. The highest BCUT2D eigenvalue weighted by Crippen LogP contribution is 2.65. The zero-order chi connectivity index (χ0) is 10.9. The summed E-state index contributed by atoms with van der Waals surface area (Å²) in [6, 6.07) is 0. The standard InChI is InChI=1S/C10H13Cl3O/c1-3-10(4-2)6(5-7(11)12)8(10)9(13)14/h5-6,8H,3-4H2,1-2H3. The summed E-state index contributed by atoms with van der Waals surface area (Å²) >= 11 is 16.7. The summed E-state index contributed by atoms with van der Waals surface area (Å²) < 4.78 is 0.224. The van der Waals surface area contributed by atoms with Gasteiger partial charge in [0.15, 0.2) is 0 Å². The Bertz CT molecular complexity index is 265. The molecule has 1 nitrogen and oxygen atoms in total. The van der Waals surface area contributed by atoms with Crippen molar-refractivity contribution in [2.24, 2.45) is 17.3 Å². The van der Waals surface area contributed by atoms with Crippen LogP contribution in [0.2, 0.25) is 0 Å². The van der Waals surface area contributed by atoms with E-state index in [4.69, 9.17) is 34.8 Å². The van der Waals surface area contributed by atoms with Crippen molar-refractivity contribution in [1.82, 2.24) is 0 Å². The first kappa shape index (κ1) is 12.4. The molecule has 1 aliphatic rings. The maximum Gasteiger partial charge on any atom is 0.225 e. The summed E-state index contributed by atoms with van der Waals surface area (Å²) in [7, 11) is 0. The Balaban J connectivity index is 2.87. The first-order chi connectivity index (χ1) is 6.49. The van der Waals surface area contributed by atoms with Crippen LogP contribution in [-0.4, -0.2) is 5.24 Å². The zero-order valence-electron chi connectivity index (χ0n) is 8.19. The van der Waals surface area contributed by atoms with E-state index < -0.39 is 0 Å². The van der Waals surface area contributed by atoms with Gasteiger partial charge >= 0.3 is 0 Å². The van der Waals surface area contributed by atoms with E-state index in [1.807, 2.05) is 0 Å². The average molecular weight is 256 g/mol. The lowest BCUT2D eigenvalue weighted by molar-refractivity contribution is -0.113. The van der Waals surface area contributed by atoms with E-state index in [9.17, 15) is 4.79 Å². The third kappa shape index (κ3) is 1.95. The van der Waals surface area contributed by atoms with Crippen molar-refractivity contribution in [3.05, 3.63) is 10.6 Å². The van der Waals surface area contributed by atoms with Crippen LogP contribution < -0.4 is 0 Å². The van der Waals surface area contributed by atoms with Gasteiger partial charge in [0, 0.05) is 5.92 Å². The molecular weight excluding hydrogens is 242 g/mol. The summed E-state index contributed by atoms with van der Waals surface area (Å²) in [5.41, 5.74) is -0.00609. The lowest BCUT2D eigenvalue weighted by atomic mass is 9.95. The van der Waals surface area contributed by atoms with Crippen molar-refractivity contribution in [3.8, 4) is 0 Å². The van der Waals surface area contributed by atoms with Crippen LogP contribution in [0.25, 0.3) is 0 Å². The van der Waals surface area contributed by atoms with Crippen LogP contribution in [0, 0.1) is 17.3 Å². The van der Waals surface area contributed by atoms with E-state index in [1.54, 1.807) is 6.08 Å². The van der Waals surface area contributed by atoms with E-state index in [-0.39, 0.29) is 27.0 Å². The van der Waals surface area contributed by atoms with Crippen LogP contribution in [-0.2, 0) is 4.79 Å². The summed E-state index contributed by atoms with van der Waals surface area (Å²) in [4.78, 5) is 11.2. The van der Waals surface area contributed by atoms with Gasteiger partial charge in [-0.1, -0.05) is 37.0 Å². The molecule has 1 rings (SSSR count). The highest BCUT2D eigenvalue weighted by Gasteiger charge is 2.63. The van der Waals surface area contributed by atoms with E-state index in [0.29, 0.717) is 0 Å². The SMILES string of the molecule is CCC1(CC)C(C=C(Cl)Cl)C1C(=O)Cl. The number of rotatable bonds is 4. The van der Waals surface area contributed by atoms with Gasteiger partial charge in [-0.25, -0.2) is 0 Å². The minimum atomic E-state index is -0.274. The summed E-state index contributed by atoms with van der Waals surface area (Å²) in [6.45, 7) is 4.12. The molecule has 14 heavy (non-hydrogen) atoms. The van der Waals surface area contributed by atoms with Gasteiger partial charge < -0.3 is 0 Å². The number of hydrogen-bond acceptors (Lipinski definition) is 1. The van der Waals surface area contributed by atoms with Crippen molar-refractivity contribution < 1.29 is 4.79 Å². The van der Waals surface area contributed by atoms with E-state index >= 15 is 0 Å². The molecule has 0 aromatic heterocycles. The predicted octanol–water partition coefficient (Wildman–Crippen LogP) is 4.12. The fraction of sp³-hybridized carbons (Fsp3) is 0.700. The van der Waals surface area contributed by atoms with E-state index in [1.165, 1.54) is 0 Å². The number of hydrogen-bond donors (Lipinski definition) is 0. The monoisotopic (exact) mass is 254 g/mol. The maximum atomic E-state index is 11.2. The predicted molar refractivity (Wildman–Crippen MR) is 60.6 cm³/mol. The maximum absolute atomic E-state index is 11.2. The Morgan fingerprint density at radius 3 is 2.00 bits per heavy atom. The zero-order valence-corrected chi connectivity index (χ0v) is 10.5. The molecule has 80 valence electrons. The summed E-state index contributed by atoms with van der Waals surface area (Å²) in [5, 5.41) is -0.274. The first-order valence-electron chi connectivity index (χ1n) is 4.71. The van der Waals surface area contributed by atoms with Gasteiger partial charge in [0.1, 0.15) is 4.49 Å². The van der Waals surface area contributed by atoms with Gasteiger partial charge in [0.25, 0.3) is 0 Å². The second-order valence-corrected chi connectivity index (χ2v) is 5.08. The van der Waals surface area contributed by atoms with Crippen LogP contribution in [0.4, 0.5) is 0 Å². The molecule has 0 aromatic rings. The molecule has 0 radical (unpaired) electrons. The molecule has 0 heterocycles. The number of carbonyl (C=O) groups is 1. The Morgan fingerprint density at radius 2 is 1.79 bits per heavy atom. The van der Waals surface area contributed by atoms with Gasteiger partial charge in [-0.05, 0) is 41.9 Å². The Labute approximate surface area is 99.4 Å². The molecule has 1 aliphatic carbocycles. The lowest BCUT2D eigenvalue weighted by Gasteiger charge is -2.10. The van der Waals surface area contributed by atoms with Crippen molar-refractivity contribution in [3.63, 3.8) is 0 Å². The van der Waals surface area contributed by atoms with Crippen molar-refractivity contribution in [2.45, 2.75) is 26.7 Å². The second-order valence-electron chi connectivity index (χ2n) is 3.70. The van der Waals surface area contributed by atoms with Crippen LogP contribution in [0.5, 0.6) is 0 Å². The second kappa shape index (κ2) is 4.42. The molecular formula is C10H13Cl3O. The molecule has 0 aromatic carbocycles. The van der Waals surface area contributed by atoms with Gasteiger partial charge in [0.05, 0.1) is 0 Å². The molecule has 1 fully saturated rings. The molecule has 0 saturated heterocycles.